The van der Waals surface area contributed by atoms with Gasteiger partial charge < -0.3 is 9.80 Å². The van der Waals surface area contributed by atoms with Crippen molar-refractivity contribution in [3.63, 3.8) is 0 Å². The Morgan fingerprint density at radius 3 is 2.17 bits per heavy atom. The Kier molecular flexibility index (Phi) is 5.05. The highest BCUT2D eigenvalue weighted by molar-refractivity contribution is 5.94. The Balaban J connectivity index is 1.49. The van der Waals surface area contributed by atoms with Crippen molar-refractivity contribution < 1.29 is 4.79 Å². The van der Waals surface area contributed by atoms with Crippen molar-refractivity contribution >= 4 is 11.7 Å². The van der Waals surface area contributed by atoms with E-state index >= 15 is 0 Å². The average Bonchev–Trinajstić information content (AvgIpc) is 3.06. The van der Waals surface area contributed by atoms with Gasteiger partial charge in [0.1, 0.15) is 23.8 Å². The predicted octanol–water partition coefficient (Wildman–Crippen LogP) is 2.86. The fourth-order valence-electron chi connectivity index (χ4n) is 3.57. The number of imidazole rings is 1. The number of hydrogen-bond acceptors (Lipinski definition) is 5. The van der Waals surface area contributed by atoms with Crippen LogP contribution in [0, 0.1) is 27.7 Å². The third kappa shape index (κ3) is 3.85. The first-order valence-corrected chi connectivity index (χ1v) is 9.90. The summed E-state index contributed by atoms with van der Waals surface area (Å²) in [6, 6.07) is 9.76. The van der Waals surface area contributed by atoms with Gasteiger partial charge in [-0.3, -0.25) is 9.36 Å². The second kappa shape index (κ2) is 7.66. The molecule has 150 valence electrons. The zero-order chi connectivity index (χ0) is 20.5. The highest BCUT2D eigenvalue weighted by Crippen LogP contribution is 2.20. The smallest absolute Gasteiger partial charge is 0.253 e. The second-order valence-electron chi connectivity index (χ2n) is 7.56. The van der Waals surface area contributed by atoms with Gasteiger partial charge in [-0.2, -0.15) is 0 Å². The summed E-state index contributed by atoms with van der Waals surface area (Å²) in [5.74, 6) is 2.53. The van der Waals surface area contributed by atoms with Gasteiger partial charge in [-0.1, -0.05) is 17.7 Å². The Bertz CT molecular complexity index is 1030. The molecule has 1 aromatic carbocycles. The first-order chi connectivity index (χ1) is 13.9. The molecule has 0 bridgehead atoms. The van der Waals surface area contributed by atoms with Crippen LogP contribution in [0.4, 0.5) is 5.82 Å². The largest absolute Gasteiger partial charge is 0.353 e. The van der Waals surface area contributed by atoms with Crippen LogP contribution in [0.2, 0.25) is 0 Å². The van der Waals surface area contributed by atoms with E-state index in [4.69, 9.17) is 0 Å². The summed E-state index contributed by atoms with van der Waals surface area (Å²) in [5, 5.41) is 0. The molecule has 2 aromatic heterocycles. The minimum absolute atomic E-state index is 0.0914. The van der Waals surface area contributed by atoms with Crippen molar-refractivity contribution in [1.29, 1.82) is 0 Å². The summed E-state index contributed by atoms with van der Waals surface area (Å²) >= 11 is 0. The topological polar surface area (TPSA) is 67.2 Å². The van der Waals surface area contributed by atoms with Gasteiger partial charge in [-0.25, -0.2) is 15.0 Å². The van der Waals surface area contributed by atoms with Crippen LogP contribution in [0.25, 0.3) is 5.82 Å². The van der Waals surface area contributed by atoms with Crippen LogP contribution in [0.3, 0.4) is 0 Å². The lowest BCUT2D eigenvalue weighted by Gasteiger charge is -2.35. The SMILES string of the molecule is Cc1ccc(C(=O)N2CCN(c3cc(-n4cnc(C)c4C)nc(C)n3)CC2)cc1. The summed E-state index contributed by atoms with van der Waals surface area (Å²) in [5.41, 5.74) is 3.97. The molecule has 7 nitrogen and oxygen atoms in total. The minimum atomic E-state index is 0.0914. The molecule has 29 heavy (non-hydrogen) atoms. The van der Waals surface area contributed by atoms with E-state index in [9.17, 15) is 4.79 Å². The van der Waals surface area contributed by atoms with E-state index in [1.807, 2.05) is 67.5 Å². The summed E-state index contributed by atoms with van der Waals surface area (Å²) in [6.07, 6.45) is 1.80. The number of nitrogens with zero attached hydrogens (tertiary/aromatic N) is 6. The first kappa shape index (κ1) is 19.1. The van der Waals surface area contributed by atoms with E-state index in [1.54, 1.807) is 6.33 Å². The molecule has 0 unspecified atom stereocenters. The normalized spacial score (nSPS) is 14.3. The highest BCUT2D eigenvalue weighted by Gasteiger charge is 2.23. The summed E-state index contributed by atoms with van der Waals surface area (Å²) in [7, 11) is 0. The zero-order valence-corrected chi connectivity index (χ0v) is 17.4. The van der Waals surface area contributed by atoms with Crippen LogP contribution in [-0.2, 0) is 0 Å². The van der Waals surface area contributed by atoms with Crippen LogP contribution >= 0.6 is 0 Å². The number of benzene rings is 1. The van der Waals surface area contributed by atoms with Gasteiger partial charge in [0.15, 0.2) is 0 Å². The van der Waals surface area contributed by atoms with Gasteiger partial charge in [-0.15, -0.1) is 0 Å². The third-order valence-corrected chi connectivity index (χ3v) is 5.50. The number of piperazine rings is 1. The fraction of sp³-hybridized carbons (Fsp3) is 0.364. The van der Waals surface area contributed by atoms with E-state index in [1.165, 1.54) is 0 Å². The van der Waals surface area contributed by atoms with Gasteiger partial charge in [0.25, 0.3) is 5.91 Å². The fourth-order valence-corrected chi connectivity index (χ4v) is 3.57. The van der Waals surface area contributed by atoms with E-state index in [0.29, 0.717) is 13.1 Å². The molecule has 0 saturated carbocycles. The van der Waals surface area contributed by atoms with Crippen LogP contribution in [0.5, 0.6) is 0 Å². The van der Waals surface area contributed by atoms with Gasteiger partial charge in [0.05, 0.1) is 5.69 Å². The maximum atomic E-state index is 12.8. The van der Waals surface area contributed by atoms with E-state index in [2.05, 4.69) is 19.9 Å². The second-order valence-corrected chi connectivity index (χ2v) is 7.56. The average molecular weight is 390 g/mol. The molecule has 0 aliphatic carbocycles. The number of anilines is 1. The molecule has 0 radical (unpaired) electrons. The van der Waals surface area contributed by atoms with Crippen LogP contribution < -0.4 is 4.90 Å². The Labute approximate surface area is 171 Å². The molecule has 7 heteroatoms. The molecule has 1 fully saturated rings. The van der Waals surface area contributed by atoms with Gasteiger partial charge in [0.2, 0.25) is 0 Å². The monoisotopic (exact) mass is 390 g/mol. The van der Waals surface area contributed by atoms with Crippen LogP contribution in [0.15, 0.2) is 36.7 Å². The lowest BCUT2D eigenvalue weighted by atomic mass is 10.1. The number of amides is 1. The highest BCUT2D eigenvalue weighted by atomic mass is 16.2. The molecule has 3 aromatic rings. The van der Waals surface area contributed by atoms with Crippen molar-refractivity contribution in [3.8, 4) is 5.82 Å². The number of aromatic nitrogens is 4. The van der Waals surface area contributed by atoms with E-state index in [-0.39, 0.29) is 5.91 Å². The number of aryl methyl sites for hydroxylation is 3. The molecular weight excluding hydrogens is 364 g/mol. The molecule has 1 aliphatic rings. The Morgan fingerprint density at radius 1 is 0.897 bits per heavy atom. The lowest BCUT2D eigenvalue weighted by molar-refractivity contribution is 0.0746. The van der Waals surface area contributed by atoms with Crippen LogP contribution in [0.1, 0.15) is 33.1 Å². The summed E-state index contributed by atoms with van der Waals surface area (Å²) in [6.45, 7) is 10.8. The van der Waals surface area contributed by atoms with Crippen molar-refractivity contribution in [1.82, 2.24) is 24.4 Å². The molecule has 0 atom stereocenters. The minimum Gasteiger partial charge on any atom is -0.353 e. The van der Waals surface area contributed by atoms with Gasteiger partial charge in [0, 0.05) is 43.5 Å². The standard InChI is InChI=1S/C22H26N6O/c1-15-5-7-19(8-6-15)22(29)27-11-9-26(10-12-27)20-13-21(25-18(4)24-20)28-14-23-16(2)17(28)3/h5-8,13-14H,9-12H2,1-4H3. The molecule has 0 spiro atoms. The molecule has 1 saturated heterocycles. The molecule has 1 amide bonds. The van der Waals surface area contributed by atoms with Crippen molar-refractivity contribution in [3.05, 3.63) is 65.0 Å². The maximum Gasteiger partial charge on any atom is 0.253 e. The molecule has 3 heterocycles. The Hall–Kier alpha value is -3.22. The van der Waals surface area contributed by atoms with E-state index in [0.717, 1.165) is 53.1 Å². The van der Waals surface area contributed by atoms with Crippen LogP contribution in [-0.4, -0.2) is 56.5 Å². The molecule has 1 aliphatic heterocycles. The number of carbonyl (C=O) groups is 1. The van der Waals surface area contributed by atoms with Crippen molar-refractivity contribution in [2.75, 3.05) is 31.1 Å². The number of carbonyl (C=O) groups excluding carboxylic acids is 1. The van der Waals surface area contributed by atoms with Gasteiger partial charge >= 0.3 is 0 Å². The quantitative estimate of drug-likeness (QED) is 0.688. The summed E-state index contributed by atoms with van der Waals surface area (Å²) in [4.78, 5) is 30.5. The Morgan fingerprint density at radius 2 is 1.55 bits per heavy atom. The third-order valence-electron chi connectivity index (χ3n) is 5.50. The first-order valence-electron chi connectivity index (χ1n) is 9.90. The predicted molar refractivity (Wildman–Crippen MR) is 113 cm³/mol. The number of hydrogen-bond donors (Lipinski definition) is 0. The lowest BCUT2D eigenvalue weighted by Crippen LogP contribution is -2.49. The molecule has 4 rings (SSSR count). The van der Waals surface area contributed by atoms with E-state index < -0.39 is 0 Å². The molecule has 0 N–H and O–H groups in total. The zero-order valence-electron chi connectivity index (χ0n) is 17.4. The molecular formula is C22H26N6O. The van der Waals surface area contributed by atoms with Gasteiger partial charge in [-0.05, 0) is 39.8 Å². The number of rotatable bonds is 3. The maximum absolute atomic E-state index is 12.8. The summed E-state index contributed by atoms with van der Waals surface area (Å²) < 4.78 is 1.99. The van der Waals surface area contributed by atoms with Crippen molar-refractivity contribution in [2.24, 2.45) is 0 Å². The van der Waals surface area contributed by atoms with Crippen molar-refractivity contribution in [2.45, 2.75) is 27.7 Å².